The molecule has 6 heteroatoms. The van der Waals surface area contributed by atoms with Gasteiger partial charge in [-0.1, -0.05) is 28.1 Å². The Morgan fingerprint density at radius 1 is 1.32 bits per heavy atom. The molecule has 0 unspecified atom stereocenters. The van der Waals surface area contributed by atoms with Crippen LogP contribution in [0.1, 0.15) is 18.4 Å². The van der Waals surface area contributed by atoms with E-state index in [2.05, 4.69) is 21.2 Å². The molecule has 0 aromatic heterocycles. The van der Waals surface area contributed by atoms with Crippen molar-refractivity contribution >= 4 is 26.0 Å². The van der Waals surface area contributed by atoms with Crippen molar-refractivity contribution in [3.05, 3.63) is 34.3 Å². The number of unbranched alkanes of at least 4 members (excludes halogenated alkanes) is 1. The highest BCUT2D eigenvalue weighted by Gasteiger charge is 2.17. The van der Waals surface area contributed by atoms with Crippen LogP contribution in [0.4, 0.5) is 0 Å². The molecule has 0 saturated heterocycles. The maximum atomic E-state index is 12.1. The van der Waals surface area contributed by atoms with E-state index >= 15 is 0 Å². The standard InChI is InChI=1S/C13H21BrN2O2S/c1-15-8-3-4-9-19(17,18)16(2)11-12-6-5-7-13(14)10-12/h5-7,10,15H,3-4,8-9,11H2,1-2H3. The number of rotatable bonds is 8. The lowest BCUT2D eigenvalue weighted by Gasteiger charge is -2.17. The van der Waals surface area contributed by atoms with Crippen molar-refractivity contribution in [1.29, 1.82) is 0 Å². The second-order valence-electron chi connectivity index (χ2n) is 4.51. The highest BCUT2D eigenvalue weighted by atomic mass is 79.9. The molecule has 4 nitrogen and oxygen atoms in total. The average molecular weight is 349 g/mol. The van der Waals surface area contributed by atoms with Crippen molar-refractivity contribution in [2.75, 3.05) is 26.4 Å². The van der Waals surface area contributed by atoms with Crippen LogP contribution in [0.25, 0.3) is 0 Å². The summed E-state index contributed by atoms with van der Waals surface area (Å²) in [6.45, 7) is 1.26. The van der Waals surface area contributed by atoms with Crippen LogP contribution < -0.4 is 5.32 Å². The summed E-state index contributed by atoms with van der Waals surface area (Å²) in [5, 5.41) is 3.02. The van der Waals surface area contributed by atoms with E-state index in [4.69, 9.17) is 0 Å². The first-order chi connectivity index (χ1) is 8.95. The smallest absolute Gasteiger partial charge is 0.214 e. The van der Waals surface area contributed by atoms with Gasteiger partial charge in [0.05, 0.1) is 5.75 Å². The molecule has 0 aliphatic rings. The van der Waals surface area contributed by atoms with Gasteiger partial charge in [0.2, 0.25) is 10.0 Å². The van der Waals surface area contributed by atoms with Crippen molar-refractivity contribution in [1.82, 2.24) is 9.62 Å². The zero-order valence-corrected chi connectivity index (χ0v) is 13.8. The van der Waals surface area contributed by atoms with Crippen molar-refractivity contribution in [3.63, 3.8) is 0 Å². The molecule has 0 bridgehead atoms. The van der Waals surface area contributed by atoms with E-state index in [1.165, 1.54) is 4.31 Å². The van der Waals surface area contributed by atoms with E-state index < -0.39 is 10.0 Å². The molecule has 0 atom stereocenters. The van der Waals surface area contributed by atoms with Gasteiger partial charge in [-0.3, -0.25) is 0 Å². The predicted octanol–water partition coefficient (Wildman–Crippen LogP) is 2.21. The second-order valence-corrected chi connectivity index (χ2v) is 7.62. The van der Waals surface area contributed by atoms with E-state index in [0.717, 1.165) is 23.0 Å². The molecule has 1 aromatic carbocycles. The number of benzene rings is 1. The van der Waals surface area contributed by atoms with Gasteiger partial charge in [-0.15, -0.1) is 0 Å². The Morgan fingerprint density at radius 3 is 2.68 bits per heavy atom. The molecular formula is C13H21BrN2O2S. The zero-order chi connectivity index (χ0) is 14.3. The van der Waals surface area contributed by atoms with Crippen LogP contribution in [0, 0.1) is 0 Å². The van der Waals surface area contributed by atoms with E-state index in [-0.39, 0.29) is 5.75 Å². The fraction of sp³-hybridized carbons (Fsp3) is 0.538. The third-order valence-electron chi connectivity index (χ3n) is 2.85. The van der Waals surface area contributed by atoms with Gasteiger partial charge >= 0.3 is 0 Å². The summed E-state index contributed by atoms with van der Waals surface area (Å²) in [6, 6.07) is 7.70. The van der Waals surface area contributed by atoms with Crippen molar-refractivity contribution < 1.29 is 8.42 Å². The summed E-state index contributed by atoms with van der Waals surface area (Å²) >= 11 is 3.39. The summed E-state index contributed by atoms with van der Waals surface area (Å²) in [5.41, 5.74) is 0.982. The zero-order valence-electron chi connectivity index (χ0n) is 11.4. The van der Waals surface area contributed by atoms with Crippen LogP contribution in [-0.2, 0) is 16.6 Å². The molecule has 0 saturated carbocycles. The Morgan fingerprint density at radius 2 is 2.05 bits per heavy atom. The van der Waals surface area contributed by atoms with Crippen molar-refractivity contribution in [2.45, 2.75) is 19.4 Å². The first-order valence-electron chi connectivity index (χ1n) is 6.29. The van der Waals surface area contributed by atoms with Gasteiger partial charge in [0.25, 0.3) is 0 Å². The Hall–Kier alpha value is -0.430. The molecule has 108 valence electrons. The van der Waals surface area contributed by atoms with Crippen LogP contribution in [0.3, 0.4) is 0 Å². The third kappa shape index (κ3) is 6.03. The van der Waals surface area contributed by atoms with Gasteiger partial charge in [0, 0.05) is 18.1 Å². The average Bonchev–Trinajstić information content (AvgIpc) is 2.34. The van der Waals surface area contributed by atoms with Crippen molar-refractivity contribution in [3.8, 4) is 0 Å². The number of nitrogens with zero attached hydrogens (tertiary/aromatic N) is 1. The molecule has 1 aromatic rings. The largest absolute Gasteiger partial charge is 0.320 e. The molecule has 0 fully saturated rings. The molecule has 0 aliphatic carbocycles. The predicted molar refractivity (Wildman–Crippen MR) is 82.6 cm³/mol. The lowest BCUT2D eigenvalue weighted by atomic mass is 10.2. The Kier molecular flexibility index (Phi) is 6.99. The van der Waals surface area contributed by atoms with E-state index in [0.29, 0.717) is 13.0 Å². The quantitative estimate of drug-likeness (QED) is 0.732. The molecular weight excluding hydrogens is 328 g/mol. The Bertz CT molecular complexity index is 491. The summed E-state index contributed by atoms with van der Waals surface area (Å²) in [4.78, 5) is 0. The number of sulfonamides is 1. The normalized spacial score (nSPS) is 12.0. The summed E-state index contributed by atoms with van der Waals surface area (Å²) in [5.74, 6) is 0.208. The lowest BCUT2D eigenvalue weighted by molar-refractivity contribution is 0.464. The molecule has 0 aliphatic heterocycles. The first kappa shape index (κ1) is 16.6. The minimum absolute atomic E-state index is 0.208. The van der Waals surface area contributed by atoms with E-state index in [1.807, 2.05) is 31.3 Å². The summed E-state index contributed by atoms with van der Waals surface area (Å²) in [7, 11) is 0.341. The highest BCUT2D eigenvalue weighted by Crippen LogP contribution is 2.14. The van der Waals surface area contributed by atoms with Gasteiger partial charge in [0.15, 0.2) is 0 Å². The molecule has 0 spiro atoms. The minimum atomic E-state index is -3.16. The van der Waals surface area contributed by atoms with Gasteiger partial charge in [-0.25, -0.2) is 12.7 Å². The van der Waals surface area contributed by atoms with E-state index in [1.54, 1.807) is 7.05 Å². The Labute approximate surface area is 124 Å². The maximum Gasteiger partial charge on any atom is 0.214 e. The van der Waals surface area contributed by atoms with Gasteiger partial charge in [0.1, 0.15) is 0 Å². The number of hydrogen-bond donors (Lipinski definition) is 1. The molecule has 0 heterocycles. The van der Waals surface area contributed by atoms with Crippen molar-refractivity contribution in [2.24, 2.45) is 0 Å². The minimum Gasteiger partial charge on any atom is -0.320 e. The molecule has 1 N–H and O–H groups in total. The first-order valence-corrected chi connectivity index (χ1v) is 8.69. The van der Waals surface area contributed by atoms with E-state index in [9.17, 15) is 8.42 Å². The van der Waals surface area contributed by atoms with Gasteiger partial charge in [-0.05, 0) is 44.1 Å². The molecule has 19 heavy (non-hydrogen) atoms. The Balaban J connectivity index is 2.53. The number of halogens is 1. The van der Waals surface area contributed by atoms with Crippen LogP contribution in [0.2, 0.25) is 0 Å². The summed E-state index contributed by atoms with van der Waals surface area (Å²) in [6.07, 6.45) is 1.56. The van der Waals surface area contributed by atoms with Crippen LogP contribution in [-0.4, -0.2) is 39.1 Å². The van der Waals surface area contributed by atoms with Gasteiger partial charge < -0.3 is 5.32 Å². The molecule has 0 radical (unpaired) electrons. The maximum absolute atomic E-state index is 12.1. The van der Waals surface area contributed by atoms with Crippen LogP contribution >= 0.6 is 15.9 Å². The number of nitrogens with one attached hydrogen (secondary N) is 1. The SMILES string of the molecule is CNCCCCS(=O)(=O)N(C)Cc1cccc(Br)c1. The fourth-order valence-electron chi connectivity index (χ4n) is 1.73. The second kappa shape index (κ2) is 7.99. The third-order valence-corrected chi connectivity index (χ3v) is 5.22. The van der Waals surface area contributed by atoms with Gasteiger partial charge in [-0.2, -0.15) is 0 Å². The molecule has 1 rings (SSSR count). The topological polar surface area (TPSA) is 49.4 Å². The molecule has 0 amide bonds. The highest BCUT2D eigenvalue weighted by molar-refractivity contribution is 9.10. The number of hydrogen-bond acceptors (Lipinski definition) is 3. The monoisotopic (exact) mass is 348 g/mol. The summed E-state index contributed by atoms with van der Waals surface area (Å²) < 4.78 is 26.5. The fourth-order valence-corrected chi connectivity index (χ4v) is 3.41. The lowest BCUT2D eigenvalue weighted by Crippen LogP contribution is -2.29. The van der Waals surface area contributed by atoms with Crippen LogP contribution in [0.15, 0.2) is 28.7 Å². The van der Waals surface area contributed by atoms with Crippen LogP contribution in [0.5, 0.6) is 0 Å².